The molecule has 1 aliphatic carbocycles. The molecule has 3 rings (SSSR count). The zero-order valence-electron chi connectivity index (χ0n) is 12.3. The second-order valence-electron chi connectivity index (χ2n) is 5.74. The summed E-state index contributed by atoms with van der Waals surface area (Å²) in [6.45, 7) is 0. The molecule has 2 aromatic rings. The summed E-state index contributed by atoms with van der Waals surface area (Å²) < 4.78 is 0. The molecule has 0 bridgehead atoms. The van der Waals surface area contributed by atoms with Crippen molar-refractivity contribution in [2.75, 3.05) is 5.73 Å². The van der Waals surface area contributed by atoms with Crippen molar-refractivity contribution in [1.29, 1.82) is 0 Å². The van der Waals surface area contributed by atoms with Crippen molar-refractivity contribution in [3.63, 3.8) is 0 Å². The minimum Gasteiger partial charge on any atom is -0.399 e. The highest BCUT2D eigenvalue weighted by Gasteiger charge is 2.24. The summed E-state index contributed by atoms with van der Waals surface area (Å²) in [5, 5.41) is 9.88. The van der Waals surface area contributed by atoms with Crippen molar-refractivity contribution in [3.05, 3.63) is 89.5 Å². The first-order chi connectivity index (χ1) is 10.6. The van der Waals surface area contributed by atoms with Crippen LogP contribution in [0.4, 0.5) is 5.69 Å². The molecule has 3 nitrogen and oxygen atoms in total. The Kier molecular flexibility index (Phi) is 3.84. The molecule has 0 amide bonds. The fourth-order valence-corrected chi connectivity index (χ4v) is 2.78. The first-order valence-corrected chi connectivity index (χ1v) is 7.36. The molecule has 0 radical (unpaired) electrons. The number of rotatable bonds is 3. The van der Waals surface area contributed by atoms with Crippen LogP contribution in [0.5, 0.6) is 0 Å². The standard InChI is InChI=1S/C19H20N2O/c20-17-8-6-15(7-9-17)18(14-4-2-1-3-5-14)16-10-12-19(21,22)13-11-16/h1-12,18,22H,13,20-21H2. The van der Waals surface area contributed by atoms with Crippen molar-refractivity contribution in [2.24, 2.45) is 5.73 Å². The number of aliphatic hydroxyl groups is 1. The second kappa shape index (κ2) is 5.79. The second-order valence-corrected chi connectivity index (χ2v) is 5.74. The smallest absolute Gasteiger partial charge is 0.136 e. The van der Waals surface area contributed by atoms with E-state index in [-0.39, 0.29) is 5.92 Å². The summed E-state index contributed by atoms with van der Waals surface area (Å²) in [5.74, 6) is 0.106. The topological polar surface area (TPSA) is 72.3 Å². The third-order valence-electron chi connectivity index (χ3n) is 3.97. The van der Waals surface area contributed by atoms with E-state index in [0.29, 0.717) is 6.42 Å². The lowest BCUT2D eigenvalue weighted by atomic mass is 9.82. The van der Waals surface area contributed by atoms with E-state index in [9.17, 15) is 5.11 Å². The van der Waals surface area contributed by atoms with Gasteiger partial charge >= 0.3 is 0 Å². The van der Waals surface area contributed by atoms with Crippen LogP contribution in [-0.4, -0.2) is 10.8 Å². The molecule has 0 fully saturated rings. The van der Waals surface area contributed by atoms with E-state index >= 15 is 0 Å². The number of hydrogen-bond acceptors (Lipinski definition) is 3. The van der Waals surface area contributed by atoms with Crippen LogP contribution in [0.15, 0.2) is 78.4 Å². The Bertz CT molecular complexity index is 700. The third kappa shape index (κ3) is 3.11. The Morgan fingerprint density at radius 2 is 1.59 bits per heavy atom. The van der Waals surface area contributed by atoms with E-state index in [1.807, 2.05) is 54.6 Å². The Morgan fingerprint density at radius 1 is 0.955 bits per heavy atom. The quantitative estimate of drug-likeness (QED) is 0.601. The molecule has 0 heterocycles. The normalized spacial score (nSPS) is 22.2. The van der Waals surface area contributed by atoms with Gasteiger partial charge in [-0.05, 0) is 34.9 Å². The maximum atomic E-state index is 9.88. The zero-order chi connectivity index (χ0) is 15.6. The van der Waals surface area contributed by atoms with Crippen molar-refractivity contribution in [2.45, 2.75) is 18.1 Å². The van der Waals surface area contributed by atoms with Crippen LogP contribution in [0.25, 0.3) is 0 Å². The summed E-state index contributed by atoms with van der Waals surface area (Å²) in [6.07, 6.45) is 6.00. The summed E-state index contributed by atoms with van der Waals surface area (Å²) in [5.41, 5.74) is 14.5. The van der Waals surface area contributed by atoms with Gasteiger partial charge in [-0.15, -0.1) is 0 Å². The van der Waals surface area contributed by atoms with Gasteiger partial charge in [-0.25, -0.2) is 0 Å². The van der Waals surface area contributed by atoms with Crippen molar-refractivity contribution < 1.29 is 5.11 Å². The number of nitrogens with two attached hydrogens (primary N) is 2. The van der Waals surface area contributed by atoms with Crippen LogP contribution >= 0.6 is 0 Å². The minimum absolute atomic E-state index is 0.106. The highest BCUT2D eigenvalue weighted by molar-refractivity contribution is 5.49. The van der Waals surface area contributed by atoms with E-state index in [1.165, 1.54) is 11.1 Å². The molecule has 112 valence electrons. The maximum Gasteiger partial charge on any atom is 0.136 e. The molecule has 0 aromatic heterocycles. The van der Waals surface area contributed by atoms with E-state index in [4.69, 9.17) is 11.5 Å². The van der Waals surface area contributed by atoms with Gasteiger partial charge in [0.2, 0.25) is 0 Å². The monoisotopic (exact) mass is 292 g/mol. The number of allylic oxidation sites excluding steroid dienone is 2. The van der Waals surface area contributed by atoms with Crippen LogP contribution < -0.4 is 11.5 Å². The number of nitrogen functional groups attached to an aromatic ring is 1. The highest BCUT2D eigenvalue weighted by Crippen LogP contribution is 2.35. The molecule has 0 saturated carbocycles. The first kappa shape index (κ1) is 14.6. The van der Waals surface area contributed by atoms with Gasteiger partial charge in [-0.1, -0.05) is 54.6 Å². The van der Waals surface area contributed by atoms with Crippen LogP contribution in [0.3, 0.4) is 0 Å². The van der Waals surface area contributed by atoms with Crippen molar-refractivity contribution in [3.8, 4) is 0 Å². The van der Waals surface area contributed by atoms with Crippen LogP contribution in [0, 0.1) is 0 Å². The van der Waals surface area contributed by atoms with Gasteiger partial charge in [0.25, 0.3) is 0 Å². The molecule has 5 N–H and O–H groups in total. The molecule has 0 aliphatic heterocycles. The summed E-state index contributed by atoms with van der Waals surface area (Å²) in [7, 11) is 0. The average molecular weight is 292 g/mol. The van der Waals surface area contributed by atoms with Gasteiger partial charge in [0.1, 0.15) is 5.72 Å². The summed E-state index contributed by atoms with van der Waals surface area (Å²) >= 11 is 0. The Hall–Kier alpha value is -2.36. The molecule has 22 heavy (non-hydrogen) atoms. The first-order valence-electron chi connectivity index (χ1n) is 7.36. The lowest BCUT2D eigenvalue weighted by Gasteiger charge is -2.26. The summed E-state index contributed by atoms with van der Waals surface area (Å²) in [4.78, 5) is 0. The highest BCUT2D eigenvalue weighted by atomic mass is 16.3. The molecule has 2 unspecified atom stereocenters. The molecule has 1 aliphatic rings. The lowest BCUT2D eigenvalue weighted by Crippen LogP contribution is -2.37. The van der Waals surface area contributed by atoms with Gasteiger partial charge in [0.05, 0.1) is 0 Å². The molecule has 3 heteroatoms. The largest absolute Gasteiger partial charge is 0.399 e. The van der Waals surface area contributed by atoms with Crippen molar-refractivity contribution in [1.82, 2.24) is 0 Å². The number of hydrogen-bond donors (Lipinski definition) is 3. The average Bonchev–Trinajstić information content (AvgIpc) is 2.52. The maximum absolute atomic E-state index is 9.88. The van der Waals surface area contributed by atoms with Crippen LogP contribution in [0.2, 0.25) is 0 Å². The zero-order valence-corrected chi connectivity index (χ0v) is 12.3. The van der Waals surface area contributed by atoms with E-state index in [1.54, 1.807) is 6.08 Å². The molecule has 0 saturated heterocycles. The number of anilines is 1. The molecule has 2 aromatic carbocycles. The van der Waals surface area contributed by atoms with Gasteiger partial charge in [-0.2, -0.15) is 0 Å². The molecular weight excluding hydrogens is 272 g/mol. The molecular formula is C19H20N2O. The van der Waals surface area contributed by atoms with Crippen molar-refractivity contribution >= 4 is 5.69 Å². The molecule has 2 atom stereocenters. The summed E-state index contributed by atoms with van der Waals surface area (Å²) in [6, 6.07) is 18.2. The SMILES string of the molecule is Nc1ccc(C(C2=CCC(N)(O)C=C2)c2ccccc2)cc1. The predicted octanol–water partition coefficient (Wildman–Crippen LogP) is 2.93. The van der Waals surface area contributed by atoms with Gasteiger partial charge in [-0.3, -0.25) is 0 Å². The Morgan fingerprint density at radius 3 is 2.18 bits per heavy atom. The Labute approximate surface area is 130 Å². The van der Waals surface area contributed by atoms with Gasteiger partial charge in [0.15, 0.2) is 0 Å². The lowest BCUT2D eigenvalue weighted by molar-refractivity contribution is 0.1000. The minimum atomic E-state index is -1.24. The van der Waals surface area contributed by atoms with Crippen LogP contribution in [-0.2, 0) is 0 Å². The van der Waals surface area contributed by atoms with Crippen LogP contribution in [0.1, 0.15) is 23.5 Å². The van der Waals surface area contributed by atoms with E-state index < -0.39 is 5.72 Å². The van der Waals surface area contributed by atoms with E-state index in [2.05, 4.69) is 12.1 Å². The third-order valence-corrected chi connectivity index (χ3v) is 3.97. The molecule has 0 spiro atoms. The fraction of sp³-hybridized carbons (Fsp3) is 0.158. The van der Waals surface area contributed by atoms with Gasteiger partial charge < -0.3 is 16.6 Å². The number of benzene rings is 2. The predicted molar refractivity (Wildman–Crippen MR) is 90.1 cm³/mol. The fourth-order valence-electron chi connectivity index (χ4n) is 2.78. The Balaban J connectivity index is 2.03. The van der Waals surface area contributed by atoms with Gasteiger partial charge in [0, 0.05) is 18.0 Å². The van der Waals surface area contributed by atoms with E-state index in [0.717, 1.165) is 11.3 Å².